The monoisotopic (exact) mass is 361 g/mol. The van der Waals surface area contributed by atoms with Crippen molar-refractivity contribution in [1.82, 2.24) is 24.6 Å². The number of hydrogen-bond acceptors (Lipinski definition) is 7. The van der Waals surface area contributed by atoms with Gasteiger partial charge in [-0.2, -0.15) is 5.10 Å². The van der Waals surface area contributed by atoms with Gasteiger partial charge in [0, 0.05) is 36.9 Å². The van der Waals surface area contributed by atoms with Crippen LogP contribution >= 0.6 is 22.7 Å². The highest BCUT2D eigenvalue weighted by molar-refractivity contribution is 7.16. The number of aryl methyl sites for hydroxylation is 1. The molecule has 9 heteroatoms. The molecule has 1 fully saturated rings. The van der Waals surface area contributed by atoms with E-state index < -0.39 is 0 Å². The maximum Gasteiger partial charge on any atom is 0.265 e. The smallest absolute Gasteiger partial charge is 0.265 e. The lowest BCUT2D eigenvalue weighted by Gasteiger charge is -2.31. The van der Waals surface area contributed by atoms with E-state index in [-0.39, 0.29) is 12.0 Å². The molecule has 124 valence electrons. The molecule has 3 aromatic rings. The van der Waals surface area contributed by atoms with Gasteiger partial charge in [0.25, 0.3) is 5.91 Å². The van der Waals surface area contributed by atoms with Crippen molar-refractivity contribution in [3.63, 3.8) is 0 Å². The summed E-state index contributed by atoms with van der Waals surface area (Å²) in [6.45, 7) is 1.62. The normalized spacial score (nSPS) is 18.0. The van der Waals surface area contributed by atoms with Crippen LogP contribution in [-0.2, 0) is 11.8 Å². The number of thiazole rings is 2. The Balaban J connectivity index is 1.50. The molecule has 0 N–H and O–H groups in total. The van der Waals surface area contributed by atoms with Crippen LogP contribution in [0.15, 0.2) is 30.2 Å². The number of ether oxygens (including phenoxy) is 1. The van der Waals surface area contributed by atoms with Crippen LogP contribution in [-0.4, -0.2) is 50.3 Å². The molecule has 0 saturated carbocycles. The summed E-state index contributed by atoms with van der Waals surface area (Å²) in [6.07, 6.45) is 6.89. The van der Waals surface area contributed by atoms with Crippen molar-refractivity contribution in [2.24, 2.45) is 7.05 Å². The first-order chi connectivity index (χ1) is 11.7. The van der Waals surface area contributed by atoms with Crippen LogP contribution in [0, 0.1) is 0 Å². The molecule has 1 unspecified atom stereocenters. The van der Waals surface area contributed by atoms with E-state index in [9.17, 15) is 4.79 Å². The Morgan fingerprint density at radius 3 is 3.04 bits per heavy atom. The minimum atomic E-state index is -0.145. The SMILES string of the molecule is Cn1cc(-c2ncc(C(=O)N3CCOC(c4nccs4)C3)s2)cn1. The predicted octanol–water partition coefficient (Wildman–Crippen LogP) is 2.21. The lowest BCUT2D eigenvalue weighted by Crippen LogP contribution is -2.42. The highest BCUT2D eigenvalue weighted by Gasteiger charge is 2.28. The van der Waals surface area contributed by atoms with Crippen molar-refractivity contribution in [3.05, 3.63) is 40.1 Å². The second-order valence-electron chi connectivity index (χ2n) is 5.41. The van der Waals surface area contributed by atoms with Gasteiger partial charge >= 0.3 is 0 Å². The molecule has 0 aliphatic carbocycles. The standard InChI is InChI=1S/C15H15N5O2S2/c1-19-8-10(6-18-19)13-17-7-12(24-13)15(21)20-3-4-22-11(9-20)14-16-2-5-23-14/h2,5-8,11H,3-4,9H2,1H3. The topological polar surface area (TPSA) is 73.1 Å². The molecule has 3 aromatic heterocycles. The van der Waals surface area contributed by atoms with E-state index in [1.165, 1.54) is 11.3 Å². The fourth-order valence-electron chi connectivity index (χ4n) is 2.57. The van der Waals surface area contributed by atoms with E-state index in [1.807, 2.05) is 23.5 Å². The molecule has 0 aromatic carbocycles. The largest absolute Gasteiger partial charge is 0.367 e. The van der Waals surface area contributed by atoms with Gasteiger partial charge in [0.05, 0.1) is 25.5 Å². The number of aromatic nitrogens is 4. The summed E-state index contributed by atoms with van der Waals surface area (Å²) in [4.78, 5) is 23.9. The second-order valence-corrected chi connectivity index (χ2v) is 7.37. The Hall–Kier alpha value is -2.10. The molecule has 1 aliphatic heterocycles. The predicted molar refractivity (Wildman–Crippen MR) is 91.0 cm³/mol. The minimum absolute atomic E-state index is 0.00695. The molecule has 1 aliphatic rings. The van der Waals surface area contributed by atoms with E-state index in [4.69, 9.17) is 4.74 Å². The Morgan fingerprint density at radius 2 is 2.29 bits per heavy atom. The zero-order valence-corrected chi connectivity index (χ0v) is 14.6. The van der Waals surface area contributed by atoms with Crippen LogP contribution < -0.4 is 0 Å². The molecule has 0 radical (unpaired) electrons. The molecular weight excluding hydrogens is 346 g/mol. The molecule has 1 saturated heterocycles. The Kier molecular flexibility index (Phi) is 4.13. The highest BCUT2D eigenvalue weighted by atomic mass is 32.1. The van der Waals surface area contributed by atoms with Gasteiger partial charge in [-0.1, -0.05) is 0 Å². The number of hydrogen-bond donors (Lipinski definition) is 0. The van der Waals surface area contributed by atoms with E-state index in [2.05, 4.69) is 15.1 Å². The van der Waals surface area contributed by atoms with Gasteiger partial charge in [0.1, 0.15) is 21.0 Å². The highest BCUT2D eigenvalue weighted by Crippen LogP contribution is 2.28. The van der Waals surface area contributed by atoms with E-state index in [1.54, 1.807) is 34.6 Å². The number of amides is 1. The second kappa shape index (κ2) is 6.42. The van der Waals surface area contributed by atoms with Crippen LogP contribution in [0.5, 0.6) is 0 Å². The first kappa shape index (κ1) is 15.4. The van der Waals surface area contributed by atoms with Crippen molar-refractivity contribution >= 4 is 28.6 Å². The van der Waals surface area contributed by atoms with Gasteiger partial charge < -0.3 is 9.64 Å². The van der Waals surface area contributed by atoms with Gasteiger partial charge in [0.15, 0.2) is 0 Å². The Morgan fingerprint density at radius 1 is 1.38 bits per heavy atom. The molecule has 0 spiro atoms. The number of nitrogens with zero attached hydrogens (tertiary/aromatic N) is 5. The van der Waals surface area contributed by atoms with Crippen molar-refractivity contribution in [1.29, 1.82) is 0 Å². The zero-order chi connectivity index (χ0) is 16.5. The lowest BCUT2D eigenvalue weighted by atomic mass is 10.2. The van der Waals surface area contributed by atoms with Gasteiger partial charge in [0.2, 0.25) is 0 Å². The summed E-state index contributed by atoms with van der Waals surface area (Å²) in [5.74, 6) is -0.00695. The number of carbonyl (C=O) groups is 1. The summed E-state index contributed by atoms with van der Waals surface area (Å²) in [6, 6.07) is 0. The zero-order valence-electron chi connectivity index (χ0n) is 13.0. The molecule has 4 heterocycles. The summed E-state index contributed by atoms with van der Waals surface area (Å²) >= 11 is 2.94. The van der Waals surface area contributed by atoms with E-state index >= 15 is 0 Å². The van der Waals surface area contributed by atoms with Crippen LogP contribution in [0.4, 0.5) is 0 Å². The van der Waals surface area contributed by atoms with Crippen molar-refractivity contribution < 1.29 is 9.53 Å². The summed E-state index contributed by atoms with van der Waals surface area (Å²) in [5.41, 5.74) is 0.921. The average molecular weight is 361 g/mol. The molecule has 1 atom stereocenters. The first-order valence-electron chi connectivity index (χ1n) is 7.46. The molecular formula is C15H15N5O2S2. The summed E-state index contributed by atoms with van der Waals surface area (Å²) in [5, 5.41) is 7.77. The minimum Gasteiger partial charge on any atom is -0.367 e. The van der Waals surface area contributed by atoms with Crippen LogP contribution in [0.25, 0.3) is 10.6 Å². The maximum absolute atomic E-state index is 12.8. The van der Waals surface area contributed by atoms with E-state index in [0.717, 1.165) is 15.6 Å². The fourth-order valence-corrected chi connectivity index (χ4v) is 4.11. The quantitative estimate of drug-likeness (QED) is 0.715. The van der Waals surface area contributed by atoms with Gasteiger partial charge in [-0.15, -0.1) is 22.7 Å². The number of carbonyl (C=O) groups excluding carboxylic acids is 1. The summed E-state index contributed by atoms with van der Waals surface area (Å²) < 4.78 is 7.47. The maximum atomic E-state index is 12.8. The Bertz CT molecular complexity index is 842. The van der Waals surface area contributed by atoms with Gasteiger partial charge in [-0.3, -0.25) is 9.48 Å². The summed E-state index contributed by atoms with van der Waals surface area (Å²) in [7, 11) is 1.86. The third-order valence-electron chi connectivity index (χ3n) is 3.75. The van der Waals surface area contributed by atoms with E-state index in [0.29, 0.717) is 24.6 Å². The van der Waals surface area contributed by atoms with Gasteiger partial charge in [-0.25, -0.2) is 9.97 Å². The molecule has 7 nitrogen and oxygen atoms in total. The van der Waals surface area contributed by atoms with Crippen molar-refractivity contribution in [2.45, 2.75) is 6.10 Å². The third kappa shape index (κ3) is 2.97. The number of morpholine rings is 1. The third-order valence-corrected chi connectivity index (χ3v) is 5.65. The molecule has 4 rings (SSSR count). The first-order valence-corrected chi connectivity index (χ1v) is 9.15. The van der Waals surface area contributed by atoms with Crippen molar-refractivity contribution in [2.75, 3.05) is 19.7 Å². The van der Waals surface area contributed by atoms with Crippen LogP contribution in [0.2, 0.25) is 0 Å². The molecule has 0 bridgehead atoms. The average Bonchev–Trinajstić information content (AvgIpc) is 3.35. The van der Waals surface area contributed by atoms with Crippen LogP contribution in [0.1, 0.15) is 20.8 Å². The van der Waals surface area contributed by atoms with Crippen molar-refractivity contribution in [3.8, 4) is 10.6 Å². The Labute approximate surface area is 146 Å². The lowest BCUT2D eigenvalue weighted by molar-refractivity contribution is -0.0227. The number of rotatable bonds is 3. The molecule has 24 heavy (non-hydrogen) atoms. The van der Waals surface area contributed by atoms with Crippen LogP contribution in [0.3, 0.4) is 0 Å². The fraction of sp³-hybridized carbons (Fsp3) is 0.333. The van der Waals surface area contributed by atoms with Gasteiger partial charge in [-0.05, 0) is 0 Å². The molecule has 1 amide bonds.